The number of ether oxygens (including phenoxy) is 1. The smallest absolute Gasteiger partial charge is 0.337 e. The third kappa shape index (κ3) is 5.24. The van der Waals surface area contributed by atoms with Crippen LogP contribution in [0.4, 0.5) is 11.4 Å². The van der Waals surface area contributed by atoms with E-state index in [1.807, 2.05) is 0 Å². The first kappa shape index (κ1) is 21.7. The van der Waals surface area contributed by atoms with Gasteiger partial charge in [-0.25, -0.2) is 13.2 Å². The molecule has 2 rings (SSSR count). The van der Waals surface area contributed by atoms with Crippen molar-refractivity contribution in [3.8, 4) is 0 Å². The van der Waals surface area contributed by atoms with Gasteiger partial charge in [0.1, 0.15) is 6.04 Å². The summed E-state index contributed by atoms with van der Waals surface area (Å²) < 4.78 is 30.6. The predicted octanol–water partition coefficient (Wildman–Crippen LogP) is 3.31. The van der Waals surface area contributed by atoms with Crippen LogP contribution in [0, 0.1) is 0 Å². The molecule has 0 saturated carbocycles. The van der Waals surface area contributed by atoms with Crippen molar-refractivity contribution in [2.24, 2.45) is 0 Å². The van der Waals surface area contributed by atoms with Crippen LogP contribution in [-0.2, 0) is 19.6 Å². The fourth-order valence-corrected chi connectivity index (χ4v) is 4.13. The summed E-state index contributed by atoms with van der Waals surface area (Å²) in [6.07, 6.45) is 1.25. The fourth-order valence-electron chi connectivity index (χ4n) is 2.74. The lowest BCUT2D eigenvalue weighted by molar-refractivity contribution is -0.117. The second-order valence-corrected chi connectivity index (χ2v) is 8.32. The van der Waals surface area contributed by atoms with E-state index in [0.717, 1.165) is 10.6 Å². The molecule has 0 bridgehead atoms. The summed E-state index contributed by atoms with van der Waals surface area (Å²) in [6, 6.07) is 11.5. The molecule has 1 amide bonds. The summed E-state index contributed by atoms with van der Waals surface area (Å²) >= 11 is 5.99. The van der Waals surface area contributed by atoms with E-state index in [9.17, 15) is 18.0 Å². The maximum Gasteiger partial charge on any atom is 0.337 e. The maximum absolute atomic E-state index is 12.9. The van der Waals surface area contributed by atoms with Crippen molar-refractivity contribution in [2.45, 2.75) is 19.4 Å². The van der Waals surface area contributed by atoms with Crippen LogP contribution < -0.4 is 9.62 Å². The van der Waals surface area contributed by atoms with E-state index in [-0.39, 0.29) is 12.0 Å². The van der Waals surface area contributed by atoms with Gasteiger partial charge in [-0.05, 0) is 42.8 Å². The van der Waals surface area contributed by atoms with E-state index in [4.69, 9.17) is 11.6 Å². The molecular weight excluding hydrogens is 404 g/mol. The molecule has 0 saturated heterocycles. The number of esters is 1. The summed E-state index contributed by atoms with van der Waals surface area (Å²) in [7, 11) is -2.51. The van der Waals surface area contributed by atoms with E-state index in [0.29, 0.717) is 16.4 Å². The third-order valence-corrected chi connectivity index (χ3v) is 5.36. The molecule has 150 valence electrons. The van der Waals surface area contributed by atoms with Crippen LogP contribution in [0.25, 0.3) is 0 Å². The first-order valence-electron chi connectivity index (χ1n) is 8.41. The summed E-state index contributed by atoms with van der Waals surface area (Å²) in [5, 5.41) is 3.02. The Morgan fingerprint density at radius 2 is 1.86 bits per heavy atom. The lowest BCUT2D eigenvalue weighted by Crippen LogP contribution is -2.47. The lowest BCUT2D eigenvalue weighted by atomic mass is 10.1. The number of sulfonamides is 1. The normalized spacial score (nSPS) is 12.1. The van der Waals surface area contributed by atoms with Gasteiger partial charge in [0.2, 0.25) is 15.9 Å². The average Bonchev–Trinajstić information content (AvgIpc) is 2.64. The minimum absolute atomic E-state index is 0.224. The van der Waals surface area contributed by atoms with Crippen LogP contribution in [-0.4, -0.2) is 39.7 Å². The Hall–Kier alpha value is -2.58. The Morgan fingerprint density at radius 3 is 2.43 bits per heavy atom. The van der Waals surface area contributed by atoms with E-state index in [1.165, 1.54) is 19.2 Å². The molecule has 0 spiro atoms. The highest BCUT2D eigenvalue weighted by atomic mass is 35.5. The highest BCUT2D eigenvalue weighted by Crippen LogP contribution is 2.26. The summed E-state index contributed by atoms with van der Waals surface area (Å²) in [5.74, 6) is -1.07. The minimum Gasteiger partial charge on any atom is -0.465 e. The molecule has 1 N–H and O–H groups in total. The Labute approximate surface area is 169 Å². The number of anilines is 2. The summed E-state index contributed by atoms with van der Waals surface area (Å²) in [6.45, 7) is 1.71. The van der Waals surface area contributed by atoms with Crippen LogP contribution in [0.15, 0.2) is 48.5 Å². The van der Waals surface area contributed by atoms with Gasteiger partial charge in [0.15, 0.2) is 0 Å². The lowest BCUT2D eigenvalue weighted by Gasteiger charge is -2.30. The number of halogens is 1. The Bertz CT molecular complexity index is 978. The zero-order valence-electron chi connectivity index (χ0n) is 15.7. The van der Waals surface area contributed by atoms with Gasteiger partial charge in [0.05, 0.1) is 24.6 Å². The highest BCUT2D eigenvalue weighted by molar-refractivity contribution is 7.92. The van der Waals surface area contributed by atoms with Crippen LogP contribution in [0.1, 0.15) is 23.7 Å². The molecule has 1 atom stereocenters. The average molecular weight is 425 g/mol. The first-order valence-corrected chi connectivity index (χ1v) is 10.6. The van der Waals surface area contributed by atoms with E-state index < -0.39 is 27.9 Å². The van der Waals surface area contributed by atoms with Crippen molar-refractivity contribution in [1.82, 2.24) is 0 Å². The standard InChI is InChI=1S/C19H21ClN2O5S/c1-4-17(22(28(3,25)26)16-10-6-8-14(20)12-16)18(23)21-15-9-5-7-13(11-15)19(24)27-2/h5-12,17H,4H2,1-3H3,(H,21,23)/t17-/m1/s1. The number of benzene rings is 2. The van der Waals surface area contributed by atoms with Crippen molar-refractivity contribution < 1.29 is 22.7 Å². The molecule has 9 heteroatoms. The predicted molar refractivity (Wildman–Crippen MR) is 109 cm³/mol. The summed E-state index contributed by atoms with van der Waals surface area (Å²) in [5.41, 5.74) is 0.911. The van der Waals surface area contributed by atoms with Crippen LogP contribution in [0.3, 0.4) is 0 Å². The zero-order chi connectivity index (χ0) is 20.9. The number of carbonyl (C=O) groups excluding carboxylic acids is 2. The molecule has 0 aliphatic heterocycles. The van der Waals surface area contributed by atoms with Gasteiger partial charge in [0, 0.05) is 10.7 Å². The number of hydrogen-bond acceptors (Lipinski definition) is 5. The monoisotopic (exact) mass is 424 g/mol. The zero-order valence-corrected chi connectivity index (χ0v) is 17.3. The number of amides is 1. The third-order valence-electron chi connectivity index (χ3n) is 3.94. The van der Waals surface area contributed by atoms with Crippen LogP contribution in [0.2, 0.25) is 5.02 Å². The maximum atomic E-state index is 12.9. The Balaban J connectivity index is 2.36. The van der Waals surface area contributed by atoms with E-state index in [1.54, 1.807) is 43.3 Å². The SMILES string of the molecule is CC[C@H](C(=O)Nc1cccc(C(=O)OC)c1)N(c1cccc(Cl)c1)S(C)(=O)=O. The number of hydrogen-bond donors (Lipinski definition) is 1. The Morgan fingerprint density at radius 1 is 1.18 bits per heavy atom. The molecule has 0 unspecified atom stereocenters. The van der Waals surface area contributed by atoms with Gasteiger partial charge < -0.3 is 10.1 Å². The highest BCUT2D eigenvalue weighted by Gasteiger charge is 2.31. The number of nitrogens with zero attached hydrogens (tertiary/aromatic N) is 1. The quantitative estimate of drug-likeness (QED) is 0.688. The topological polar surface area (TPSA) is 92.8 Å². The van der Waals surface area contributed by atoms with E-state index >= 15 is 0 Å². The van der Waals surface area contributed by atoms with Crippen molar-refractivity contribution in [3.63, 3.8) is 0 Å². The second-order valence-electron chi connectivity index (χ2n) is 6.02. The van der Waals surface area contributed by atoms with Crippen molar-refractivity contribution >= 4 is 44.9 Å². The minimum atomic E-state index is -3.77. The van der Waals surface area contributed by atoms with Crippen molar-refractivity contribution in [2.75, 3.05) is 23.0 Å². The van der Waals surface area contributed by atoms with Gasteiger partial charge >= 0.3 is 5.97 Å². The van der Waals surface area contributed by atoms with Gasteiger partial charge in [-0.2, -0.15) is 0 Å². The van der Waals surface area contributed by atoms with Gasteiger partial charge in [-0.15, -0.1) is 0 Å². The largest absolute Gasteiger partial charge is 0.465 e. The summed E-state index contributed by atoms with van der Waals surface area (Å²) in [4.78, 5) is 24.5. The second kappa shape index (κ2) is 9.07. The molecule has 0 radical (unpaired) electrons. The molecular formula is C19H21ClN2O5S. The fraction of sp³-hybridized carbons (Fsp3) is 0.263. The molecule has 0 heterocycles. The number of methoxy groups -OCH3 is 1. The van der Waals surface area contributed by atoms with Crippen molar-refractivity contribution in [1.29, 1.82) is 0 Å². The molecule has 28 heavy (non-hydrogen) atoms. The van der Waals surface area contributed by atoms with E-state index in [2.05, 4.69) is 10.1 Å². The number of carbonyl (C=O) groups is 2. The Kier molecular flexibility index (Phi) is 7.04. The van der Waals surface area contributed by atoms with Gasteiger partial charge in [0.25, 0.3) is 0 Å². The number of rotatable bonds is 7. The molecule has 2 aromatic carbocycles. The molecule has 2 aromatic rings. The molecule has 0 fully saturated rings. The van der Waals surface area contributed by atoms with Crippen molar-refractivity contribution in [3.05, 3.63) is 59.1 Å². The molecule has 0 aliphatic rings. The van der Waals surface area contributed by atoms with Gasteiger partial charge in [-0.1, -0.05) is 30.7 Å². The van der Waals surface area contributed by atoms with Gasteiger partial charge in [-0.3, -0.25) is 9.10 Å². The molecule has 0 aliphatic carbocycles. The van der Waals surface area contributed by atoms with Crippen LogP contribution >= 0.6 is 11.6 Å². The number of nitrogens with one attached hydrogen (secondary N) is 1. The molecule has 7 nitrogen and oxygen atoms in total. The molecule has 0 aromatic heterocycles. The first-order chi connectivity index (χ1) is 13.2. The van der Waals surface area contributed by atoms with Crippen LogP contribution in [0.5, 0.6) is 0 Å².